The van der Waals surface area contributed by atoms with E-state index in [-0.39, 0.29) is 18.4 Å². The summed E-state index contributed by atoms with van der Waals surface area (Å²) in [6.07, 6.45) is 0.517. The van der Waals surface area contributed by atoms with Gasteiger partial charge in [0.15, 0.2) is 0 Å². The molecule has 1 aliphatic rings. The maximum Gasteiger partial charge on any atom is 0.243 e. The van der Waals surface area contributed by atoms with Gasteiger partial charge in [-0.05, 0) is 22.8 Å². The number of carbonyl (C=O) groups is 2. The highest BCUT2D eigenvalue weighted by Crippen LogP contribution is 2.32. The molecule has 0 saturated carbocycles. The second kappa shape index (κ2) is 6.84. The van der Waals surface area contributed by atoms with E-state index in [4.69, 9.17) is 0 Å². The van der Waals surface area contributed by atoms with Crippen molar-refractivity contribution in [1.82, 2.24) is 5.32 Å². The number of amides is 2. The number of aliphatic hydroxyl groups excluding tert-OH is 1. The van der Waals surface area contributed by atoms with E-state index in [9.17, 15) is 14.7 Å². The van der Waals surface area contributed by atoms with E-state index in [1.165, 1.54) is 6.92 Å². The summed E-state index contributed by atoms with van der Waals surface area (Å²) in [4.78, 5) is 26.2. The quantitative estimate of drug-likeness (QED) is 0.900. The summed E-state index contributed by atoms with van der Waals surface area (Å²) in [6, 6.07) is 14.5. The van der Waals surface area contributed by atoms with E-state index in [0.717, 1.165) is 22.4 Å². The predicted molar refractivity (Wildman–Crippen MR) is 91.3 cm³/mol. The van der Waals surface area contributed by atoms with Crippen LogP contribution in [0.3, 0.4) is 0 Å². The lowest BCUT2D eigenvalue weighted by Crippen LogP contribution is -2.47. The second-order valence-electron chi connectivity index (χ2n) is 5.88. The maximum atomic E-state index is 12.6. The lowest BCUT2D eigenvalue weighted by molar-refractivity contribution is -0.125. The third kappa shape index (κ3) is 3.03. The molecule has 2 N–H and O–H groups in total. The highest BCUT2D eigenvalue weighted by atomic mass is 16.3. The molecule has 0 saturated heterocycles. The van der Waals surface area contributed by atoms with Gasteiger partial charge >= 0.3 is 0 Å². The summed E-state index contributed by atoms with van der Waals surface area (Å²) in [7, 11) is 0. The van der Waals surface area contributed by atoms with Crippen molar-refractivity contribution in [1.29, 1.82) is 0 Å². The van der Waals surface area contributed by atoms with Crippen LogP contribution in [0.5, 0.6) is 0 Å². The van der Waals surface area contributed by atoms with Gasteiger partial charge in [0.2, 0.25) is 11.8 Å². The number of rotatable bonds is 4. The van der Waals surface area contributed by atoms with Gasteiger partial charge in [0.05, 0.1) is 6.61 Å². The Morgan fingerprint density at radius 1 is 1.12 bits per heavy atom. The van der Waals surface area contributed by atoms with Crippen molar-refractivity contribution in [3.8, 4) is 0 Å². The van der Waals surface area contributed by atoms with Gasteiger partial charge in [0, 0.05) is 25.6 Å². The van der Waals surface area contributed by atoms with Gasteiger partial charge in [-0.1, -0.05) is 42.5 Å². The number of hydrogen-bond acceptors (Lipinski definition) is 3. The summed E-state index contributed by atoms with van der Waals surface area (Å²) in [6.45, 7) is 1.73. The van der Waals surface area contributed by atoms with Gasteiger partial charge in [-0.15, -0.1) is 0 Å². The fraction of sp³-hybridized carbons (Fsp3) is 0.263. The minimum absolute atomic E-state index is 0.0690. The fourth-order valence-electron chi connectivity index (χ4n) is 3.17. The summed E-state index contributed by atoms with van der Waals surface area (Å²) >= 11 is 0. The molecule has 124 valence electrons. The van der Waals surface area contributed by atoms with Crippen LogP contribution in [0.4, 0.5) is 5.69 Å². The largest absolute Gasteiger partial charge is 0.392 e. The third-order valence-electron chi connectivity index (χ3n) is 4.36. The van der Waals surface area contributed by atoms with E-state index in [0.29, 0.717) is 13.0 Å². The molecule has 2 aromatic rings. The summed E-state index contributed by atoms with van der Waals surface area (Å²) in [5.41, 5.74) is 3.47. The number of para-hydroxylation sites is 1. The van der Waals surface area contributed by atoms with Gasteiger partial charge in [-0.3, -0.25) is 14.5 Å². The zero-order valence-electron chi connectivity index (χ0n) is 13.5. The first-order valence-electron chi connectivity index (χ1n) is 7.95. The maximum absolute atomic E-state index is 12.6. The van der Waals surface area contributed by atoms with Gasteiger partial charge in [0.25, 0.3) is 0 Å². The number of nitrogens with zero attached hydrogens (tertiary/aromatic N) is 1. The molecule has 2 aromatic carbocycles. The zero-order chi connectivity index (χ0) is 17.1. The Morgan fingerprint density at radius 3 is 2.50 bits per heavy atom. The molecule has 2 amide bonds. The van der Waals surface area contributed by atoms with Crippen molar-refractivity contribution in [2.75, 3.05) is 4.90 Å². The van der Waals surface area contributed by atoms with Crippen molar-refractivity contribution in [3.63, 3.8) is 0 Å². The van der Waals surface area contributed by atoms with Crippen molar-refractivity contribution >= 4 is 17.5 Å². The summed E-state index contributed by atoms with van der Waals surface area (Å²) < 4.78 is 0. The Kier molecular flexibility index (Phi) is 4.62. The number of hydrogen-bond donors (Lipinski definition) is 2. The minimum atomic E-state index is -0.527. The second-order valence-corrected chi connectivity index (χ2v) is 5.88. The molecule has 0 fully saturated rings. The van der Waals surface area contributed by atoms with Crippen LogP contribution in [0.2, 0.25) is 0 Å². The lowest BCUT2D eigenvalue weighted by atomic mass is 10.1. The van der Waals surface area contributed by atoms with Gasteiger partial charge in [-0.2, -0.15) is 0 Å². The zero-order valence-corrected chi connectivity index (χ0v) is 13.5. The van der Waals surface area contributed by atoms with Crippen LogP contribution in [0.1, 0.15) is 23.6 Å². The molecule has 0 radical (unpaired) electrons. The Hall–Kier alpha value is -2.66. The summed E-state index contributed by atoms with van der Waals surface area (Å²) in [5, 5.41) is 12.3. The Morgan fingerprint density at radius 2 is 1.79 bits per heavy atom. The first-order chi connectivity index (χ1) is 11.6. The van der Waals surface area contributed by atoms with Crippen LogP contribution in [-0.2, 0) is 29.2 Å². The monoisotopic (exact) mass is 324 g/mol. The highest BCUT2D eigenvalue weighted by Gasteiger charge is 2.36. The van der Waals surface area contributed by atoms with Crippen LogP contribution in [-0.4, -0.2) is 23.0 Å². The first-order valence-corrected chi connectivity index (χ1v) is 7.95. The van der Waals surface area contributed by atoms with Crippen LogP contribution in [0.15, 0.2) is 48.5 Å². The summed E-state index contributed by atoms with van der Waals surface area (Å²) in [5.74, 6) is -0.329. The molecule has 5 heteroatoms. The van der Waals surface area contributed by atoms with E-state index < -0.39 is 6.04 Å². The molecule has 3 rings (SSSR count). The van der Waals surface area contributed by atoms with Crippen molar-refractivity contribution < 1.29 is 14.7 Å². The Bertz CT molecular complexity index is 773. The van der Waals surface area contributed by atoms with Crippen molar-refractivity contribution in [2.24, 2.45) is 0 Å². The molecule has 1 heterocycles. The van der Waals surface area contributed by atoms with Crippen LogP contribution in [0.25, 0.3) is 0 Å². The van der Waals surface area contributed by atoms with Crippen LogP contribution >= 0.6 is 0 Å². The molecular formula is C19H20N2O3. The average molecular weight is 324 g/mol. The molecule has 0 aromatic heterocycles. The number of anilines is 1. The molecule has 0 spiro atoms. The Balaban J connectivity index is 1.75. The lowest BCUT2D eigenvalue weighted by Gasteiger charge is -2.23. The molecule has 24 heavy (non-hydrogen) atoms. The smallest absolute Gasteiger partial charge is 0.243 e. The molecule has 0 bridgehead atoms. The van der Waals surface area contributed by atoms with Gasteiger partial charge in [0.1, 0.15) is 6.04 Å². The molecule has 1 atom stereocenters. The van der Waals surface area contributed by atoms with Crippen molar-refractivity contribution in [3.05, 3.63) is 65.2 Å². The van der Waals surface area contributed by atoms with Crippen LogP contribution in [0, 0.1) is 0 Å². The number of aliphatic hydroxyl groups is 1. The van der Waals surface area contributed by atoms with E-state index in [1.54, 1.807) is 4.90 Å². The predicted octanol–water partition coefficient (Wildman–Crippen LogP) is 1.77. The first kappa shape index (κ1) is 16.2. The molecule has 0 aliphatic carbocycles. The van der Waals surface area contributed by atoms with Crippen LogP contribution < -0.4 is 10.2 Å². The minimum Gasteiger partial charge on any atom is -0.392 e. The SMILES string of the molecule is CC(=O)N1c2ccccc2C[C@H]1C(=O)NCc1ccccc1CO. The fourth-order valence-corrected chi connectivity index (χ4v) is 3.17. The number of benzene rings is 2. The van der Waals surface area contributed by atoms with E-state index >= 15 is 0 Å². The normalized spacial score (nSPS) is 15.9. The van der Waals surface area contributed by atoms with E-state index in [1.807, 2.05) is 48.5 Å². The average Bonchev–Trinajstić information content (AvgIpc) is 2.99. The Labute approximate surface area is 140 Å². The number of nitrogens with one attached hydrogen (secondary N) is 1. The van der Waals surface area contributed by atoms with Crippen molar-refractivity contribution in [2.45, 2.75) is 32.5 Å². The van der Waals surface area contributed by atoms with E-state index in [2.05, 4.69) is 5.32 Å². The topological polar surface area (TPSA) is 69.6 Å². The molecule has 0 unspecified atom stereocenters. The molecule has 1 aliphatic heterocycles. The number of carbonyl (C=O) groups excluding carboxylic acids is 2. The van der Waals surface area contributed by atoms with Gasteiger partial charge < -0.3 is 10.4 Å². The number of fused-ring (bicyclic) bond motifs is 1. The highest BCUT2D eigenvalue weighted by molar-refractivity contribution is 6.02. The van der Waals surface area contributed by atoms with Gasteiger partial charge in [-0.25, -0.2) is 0 Å². The standard InChI is InChI=1S/C19H20N2O3/c1-13(23)21-17-9-5-4-6-14(17)10-18(21)19(24)20-11-15-7-2-3-8-16(15)12-22/h2-9,18,22H,10-12H2,1H3,(H,20,24)/t18-/m0/s1. The molecular weight excluding hydrogens is 304 g/mol. The molecule has 5 nitrogen and oxygen atoms in total. The third-order valence-corrected chi connectivity index (χ3v) is 4.36.